The molecule has 0 fully saturated rings. The fourth-order valence-electron chi connectivity index (χ4n) is 6.27. The molecule has 0 bridgehead atoms. The van der Waals surface area contributed by atoms with E-state index in [0.29, 0.717) is 46.1 Å². The molecule has 2 heterocycles. The summed E-state index contributed by atoms with van der Waals surface area (Å²) in [6.45, 7) is 13.7. The van der Waals surface area contributed by atoms with Crippen molar-refractivity contribution in [3.63, 3.8) is 0 Å². The standard InChI is InChI=1S/C32H44N4O4/c1-7-13-19-33(21(9-3)10-4)35-29(37)23-15-17-25-28-26(18-16-24(27(23)28)30(35)38)32(40)36(31(25)39)34(20-14-8-2)22(11-5)12-6/h15-18,21-22H,7-14,19-20H2,1-6H3. The maximum absolute atomic E-state index is 14.0. The average Bonchev–Trinajstić information content (AvgIpc) is 2.96. The fraction of sp³-hybridized carbons (Fsp3) is 0.562. The average molecular weight is 549 g/mol. The van der Waals surface area contributed by atoms with Crippen molar-refractivity contribution < 1.29 is 19.2 Å². The number of hydrogen-bond acceptors (Lipinski definition) is 6. The molecule has 2 aromatic carbocycles. The molecule has 40 heavy (non-hydrogen) atoms. The Bertz CT molecular complexity index is 1130. The van der Waals surface area contributed by atoms with Crippen molar-refractivity contribution in [3.8, 4) is 0 Å². The zero-order valence-corrected chi connectivity index (χ0v) is 25.0. The van der Waals surface area contributed by atoms with Gasteiger partial charge in [0.1, 0.15) is 0 Å². The number of unbranched alkanes of at least 4 members (excludes halogenated alkanes) is 2. The van der Waals surface area contributed by atoms with Crippen molar-refractivity contribution in [2.45, 2.75) is 105 Å². The predicted molar refractivity (Wildman–Crippen MR) is 157 cm³/mol. The van der Waals surface area contributed by atoms with Gasteiger partial charge in [0.25, 0.3) is 23.6 Å². The first-order valence-electron chi connectivity index (χ1n) is 15.2. The molecule has 8 heteroatoms. The lowest BCUT2D eigenvalue weighted by Gasteiger charge is -2.42. The van der Waals surface area contributed by atoms with Gasteiger partial charge in [0.15, 0.2) is 0 Å². The third-order valence-corrected chi connectivity index (χ3v) is 8.58. The third-order valence-electron chi connectivity index (χ3n) is 8.58. The van der Waals surface area contributed by atoms with Crippen LogP contribution in [0.4, 0.5) is 0 Å². The van der Waals surface area contributed by atoms with E-state index in [1.165, 1.54) is 10.0 Å². The zero-order chi connectivity index (χ0) is 29.1. The Balaban J connectivity index is 1.85. The molecule has 2 aliphatic heterocycles. The van der Waals surface area contributed by atoms with E-state index in [-0.39, 0.29) is 12.1 Å². The summed E-state index contributed by atoms with van der Waals surface area (Å²) < 4.78 is 0. The van der Waals surface area contributed by atoms with Crippen LogP contribution in [0.25, 0.3) is 10.8 Å². The number of imide groups is 2. The molecule has 0 unspecified atom stereocenters. The Morgan fingerprint density at radius 3 is 1.02 bits per heavy atom. The van der Waals surface area contributed by atoms with Crippen molar-refractivity contribution in [2.75, 3.05) is 13.1 Å². The first-order valence-corrected chi connectivity index (χ1v) is 15.2. The van der Waals surface area contributed by atoms with Crippen LogP contribution < -0.4 is 0 Å². The van der Waals surface area contributed by atoms with Gasteiger partial charge < -0.3 is 0 Å². The topological polar surface area (TPSA) is 81.2 Å². The van der Waals surface area contributed by atoms with Gasteiger partial charge in [0.2, 0.25) is 0 Å². The molecule has 0 saturated heterocycles. The molecule has 2 aliphatic rings. The molecule has 0 aromatic heterocycles. The molecule has 0 atom stereocenters. The number of benzene rings is 2. The number of nitrogens with zero attached hydrogens (tertiary/aromatic N) is 4. The second kappa shape index (κ2) is 12.6. The van der Waals surface area contributed by atoms with Crippen molar-refractivity contribution >= 4 is 34.4 Å². The van der Waals surface area contributed by atoms with Crippen LogP contribution in [0.15, 0.2) is 24.3 Å². The van der Waals surface area contributed by atoms with Crippen LogP contribution >= 0.6 is 0 Å². The quantitative estimate of drug-likeness (QED) is 0.253. The highest BCUT2D eigenvalue weighted by Crippen LogP contribution is 2.39. The van der Waals surface area contributed by atoms with Gasteiger partial charge >= 0.3 is 0 Å². The van der Waals surface area contributed by atoms with Crippen LogP contribution in [-0.2, 0) is 0 Å². The summed E-state index contributed by atoms with van der Waals surface area (Å²) in [5.74, 6) is -1.58. The highest BCUT2D eigenvalue weighted by Gasteiger charge is 2.44. The largest absolute Gasteiger partial charge is 0.276 e. The maximum Gasteiger partial charge on any atom is 0.276 e. The Morgan fingerprint density at radius 2 is 0.800 bits per heavy atom. The summed E-state index contributed by atoms with van der Waals surface area (Å²) >= 11 is 0. The Labute approximate surface area is 238 Å². The minimum absolute atomic E-state index is 0.0461. The smallest absolute Gasteiger partial charge is 0.267 e. The Hall–Kier alpha value is -3.10. The highest BCUT2D eigenvalue weighted by atomic mass is 16.2. The number of rotatable bonds is 14. The molecule has 0 radical (unpaired) electrons. The van der Waals surface area contributed by atoms with E-state index >= 15 is 0 Å². The van der Waals surface area contributed by atoms with Crippen LogP contribution in [0.2, 0.25) is 0 Å². The minimum atomic E-state index is -0.395. The lowest BCUT2D eigenvalue weighted by molar-refractivity contribution is -0.0292. The van der Waals surface area contributed by atoms with Gasteiger partial charge in [0, 0.05) is 35.9 Å². The van der Waals surface area contributed by atoms with E-state index in [9.17, 15) is 19.2 Å². The van der Waals surface area contributed by atoms with Crippen molar-refractivity contribution in [1.29, 1.82) is 0 Å². The molecular formula is C32H44N4O4. The normalized spacial score (nSPS) is 15.2. The Kier molecular flexibility index (Phi) is 9.41. The molecule has 8 nitrogen and oxygen atoms in total. The SMILES string of the molecule is CCCCN(C(CC)CC)N1C(=O)c2ccc3c4c(ccc(c24)C1=O)C(=O)N(N(CCCC)C(CC)CC)C3=O. The van der Waals surface area contributed by atoms with Gasteiger partial charge in [-0.15, -0.1) is 0 Å². The molecule has 216 valence electrons. The zero-order valence-electron chi connectivity index (χ0n) is 25.0. The van der Waals surface area contributed by atoms with Crippen LogP contribution in [0.1, 0.15) is 134 Å². The summed E-state index contributed by atoms with van der Waals surface area (Å²) in [6.07, 6.45) is 6.83. The first kappa shape index (κ1) is 29.9. The summed E-state index contributed by atoms with van der Waals surface area (Å²) in [4.78, 5) is 55.9. The second-order valence-electron chi connectivity index (χ2n) is 10.9. The molecule has 0 saturated carbocycles. The molecule has 0 aliphatic carbocycles. The molecule has 2 aromatic rings. The van der Waals surface area contributed by atoms with E-state index in [0.717, 1.165) is 51.4 Å². The summed E-state index contributed by atoms with van der Waals surface area (Å²) in [6, 6.07) is 6.75. The van der Waals surface area contributed by atoms with E-state index < -0.39 is 23.6 Å². The van der Waals surface area contributed by atoms with Crippen molar-refractivity contribution in [3.05, 3.63) is 46.5 Å². The number of carbonyl (C=O) groups is 4. The van der Waals surface area contributed by atoms with Crippen molar-refractivity contribution in [1.82, 2.24) is 20.0 Å². The Morgan fingerprint density at radius 1 is 0.525 bits per heavy atom. The lowest BCUT2D eigenvalue weighted by Crippen LogP contribution is -2.57. The number of hydrogen-bond donors (Lipinski definition) is 0. The molecule has 0 spiro atoms. The lowest BCUT2D eigenvalue weighted by atomic mass is 9.86. The van der Waals surface area contributed by atoms with E-state index in [1.807, 2.05) is 10.0 Å². The molecule has 0 N–H and O–H groups in total. The predicted octanol–water partition coefficient (Wildman–Crippen LogP) is 6.44. The van der Waals surface area contributed by atoms with Crippen LogP contribution in [0.3, 0.4) is 0 Å². The van der Waals surface area contributed by atoms with Crippen LogP contribution in [-0.4, -0.2) is 68.8 Å². The monoisotopic (exact) mass is 548 g/mol. The third kappa shape index (κ3) is 4.85. The minimum Gasteiger partial charge on any atom is -0.267 e. The van der Waals surface area contributed by atoms with Gasteiger partial charge in [-0.3, -0.25) is 19.2 Å². The van der Waals surface area contributed by atoms with Gasteiger partial charge in [0.05, 0.1) is 22.3 Å². The summed E-state index contributed by atoms with van der Waals surface area (Å²) in [5.41, 5.74) is 1.44. The van der Waals surface area contributed by atoms with Gasteiger partial charge in [-0.1, -0.05) is 54.4 Å². The number of hydrazine groups is 2. The molecule has 4 amide bonds. The van der Waals surface area contributed by atoms with Gasteiger partial charge in [-0.05, 0) is 62.8 Å². The molecular weight excluding hydrogens is 504 g/mol. The van der Waals surface area contributed by atoms with Gasteiger partial charge in [-0.25, -0.2) is 20.0 Å². The van der Waals surface area contributed by atoms with Crippen molar-refractivity contribution in [2.24, 2.45) is 0 Å². The van der Waals surface area contributed by atoms with E-state index in [2.05, 4.69) is 41.5 Å². The fourth-order valence-corrected chi connectivity index (χ4v) is 6.27. The summed E-state index contributed by atoms with van der Waals surface area (Å²) in [7, 11) is 0. The van der Waals surface area contributed by atoms with Gasteiger partial charge in [-0.2, -0.15) is 0 Å². The molecule has 4 rings (SSSR count). The number of amides is 4. The van der Waals surface area contributed by atoms with E-state index in [1.54, 1.807) is 24.3 Å². The number of carbonyl (C=O) groups excluding carboxylic acids is 4. The first-order chi connectivity index (χ1) is 19.3. The summed E-state index contributed by atoms with van der Waals surface area (Å²) in [5, 5.41) is 7.32. The van der Waals surface area contributed by atoms with E-state index in [4.69, 9.17) is 0 Å². The second-order valence-corrected chi connectivity index (χ2v) is 10.9. The highest BCUT2D eigenvalue weighted by molar-refractivity contribution is 6.33. The van der Waals surface area contributed by atoms with Crippen LogP contribution in [0.5, 0.6) is 0 Å². The van der Waals surface area contributed by atoms with Crippen LogP contribution in [0, 0.1) is 0 Å². The maximum atomic E-state index is 14.0.